The third-order valence-electron chi connectivity index (χ3n) is 2.04. The zero-order valence-corrected chi connectivity index (χ0v) is 9.42. The lowest BCUT2D eigenvalue weighted by molar-refractivity contribution is 0.720. The minimum absolute atomic E-state index is 0.491. The highest BCUT2D eigenvalue weighted by Crippen LogP contribution is 2.35. The van der Waals surface area contributed by atoms with Crippen molar-refractivity contribution in [2.45, 2.75) is 0 Å². The van der Waals surface area contributed by atoms with E-state index in [-0.39, 0.29) is 0 Å². The van der Waals surface area contributed by atoms with Crippen LogP contribution in [-0.4, -0.2) is 15.0 Å². The Labute approximate surface area is 96.6 Å². The van der Waals surface area contributed by atoms with E-state index in [1.165, 1.54) is 0 Å². The van der Waals surface area contributed by atoms with E-state index in [0.717, 1.165) is 5.69 Å². The molecule has 1 heterocycles. The summed E-state index contributed by atoms with van der Waals surface area (Å²) in [5, 5.41) is 8.57. The molecule has 6 heteroatoms. The molecule has 0 amide bonds. The number of hydrogen-bond donors (Lipinski definition) is 1. The number of nitrogens with zero attached hydrogens (tertiary/aromatic N) is 3. The van der Waals surface area contributed by atoms with E-state index in [1.807, 2.05) is 0 Å². The van der Waals surface area contributed by atoms with Crippen LogP contribution >= 0.6 is 23.2 Å². The van der Waals surface area contributed by atoms with Crippen LogP contribution in [0.15, 0.2) is 18.3 Å². The van der Waals surface area contributed by atoms with Crippen molar-refractivity contribution < 1.29 is 0 Å². The van der Waals surface area contributed by atoms with Crippen LogP contribution in [0.3, 0.4) is 0 Å². The van der Waals surface area contributed by atoms with Crippen LogP contribution in [-0.2, 0) is 7.05 Å². The third-order valence-corrected chi connectivity index (χ3v) is 2.63. The second kappa shape index (κ2) is 3.72. The van der Waals surface area contributed by atoms with Gasteiger partial charge in [-0.3, -0.25) is 0 Å². The van der Waals surface area contributed by atoms with Crippen molar-refractivity contribution in [2.24, 2.45) is 7.05 Å². The minimum atomic E-state index is 0.491. The fourth-order valence-corrected chi connectivity index (χ4v) is 2.05. The van der Waals surface area contributed by atoms with Crippen LogP contribution in [0.5, 0.6) is 0 Å². The number of benzene rings is 1. The van der Waals surface area contributed by atoms with Crippen LogP contribution < -0.4 is 5.73 Å². The summed E-state index contributed by atoms with van der Waals surface area (Å²) in [6.07, 6.45) is 1.60. The van der Waals surface area contributed by atoms with Crippen molar-refractivity contribution in [3.05, 3.63) is 28.4 Å². The lowest BCUT2D eigenvalue weighted by Crippen LogP contribution is -1.96. The molecule has 0 radical (unpaired) electrons. The number of nitrogens with two attached hydrogens (primary N) is 1. The maximum absolute atomic E-state index is 6.06. The van der Waals surface area contributed by atoms with Crippen molar-refractivity contribution in [3.63, 3.8) is 0 Å². The minimum Gasteiger partial charge on any atom is -0.399 e. The highest BCUT2D eigenvalue weighted by molar-refractivity contribution is 6.39. The van der Waals surface area contributed by atoms with Gasteiger partial charge in [-0.1, -0.05) is 28.4 Å². The predicted octanol–water partition coefficient (Wildman–Crippen LogP) is 2.37. The number of rotatable bonds is 1. The molecular formula is C9H8Cl2N4. The lowest BCUT2D eigenvalue weighted by atomic mass is 10.1. The molecule has 0 bridgehead atoms. The monoisotopic (exact) mass is 242 g/mol. The first-order valence-corrected chi connectivity index (χ1v) is 4.94. The second-order valence-corrected chi connectivity index (χ2v) is 3.92. The first kappa shape index (κ1) is 10.3. The number of aryl methyl sites for hydroxylation is 1. The van der Waals surface area contributed by atoms with Gasteiger partial charge in [0.1, 0.15) is 0 Å². The summed E-state index contributed by atoms with van der Waals surface area (Å²) in [6.45, 7) is 0. The summed E-state index contributed by atoms with van der Waals surface area (Å²) in [5.74, 6) is 0. The molecule has 4 nitrogen and oxygen atoms in total. The topological polar surface area (TPSA) is 56.7 Å². The van der Waals surface area contributed by atoms with Crippen molar-refractivity contribution in [3.8, 4) is 11.3 Å². The summed E-state index contributed by atoms with van der Waals surface area (Å²) in [5.41, 5.74) is 7.59. The van der Waals surface area contributed by atoms with Gasteiger partial charge in [0, 0.05) is 18.3 Å². The van der Waals surface area contributed by atoms with Gasteiger partial charge in [0.05, 0.1) is 21.9 Å². The molecule has 0 aliphatic heterocycles. The van der Waals surface area contributed by atoms with E-state index in [4.69, 9.17) is 28.9 Å². The molecule has 2 N–H and O–H groups in total. The third kappa shape index (κ3) is 1.78. The van der Waals surface area contributed by atoms with Gasteiger partial charge in [-0.2, -0.15) is 0 Å². The molecule has 0 saturated heterocycles. The Hall–Kier alpha value is -1.26. The van der Waals surface area contributed by atoms with Crippen LogP contribution in [0, 0.1) is 0 Å². The smallest absolute Gasteiger partial charge is 0.0912 e. The second-order valence-electron chi connectivity index (χ2n) is 3.10. The summed E-state index contributed by atoms with van der Waals surface area (Å²) in [6, 6.07) is 3.30. The first-order chi connectivity index (χ1) is 7.09. The van der Waals surface area contributed by atoms with Crippen LogP contribution in [0.2, 0.25) is 10.0 Å². The van der Waals surface area contributed by atoms with Gasteiger partial charge in [-0.05, 0) is 12.1 Å². The number of halogens is 2. The van der Waals surface area contributed by atoms with E-state index >= 15 is 0 Å². The molecule has 15 heavy (non-hydrogen) atoms. The molecule has 0 fully saturated rings. The number of nitrogen functional groups attached to an aromatic ring is 1. The normalized spacial score (nSPS) is 10.6. The Kier molecular flexibility index (Phi) is 2.54. The molecular weight excluding hydrogens is 235 g/mol. The van der Waals surface area contributed by atoms with Gasteiger partial charge in [0.15, 0.2) is 0 Å². The molecule has 1 aromatic heterocycles. The number of aromatic nitrogens is 3. The average Bonchev–Trinajstić information content (AvgIpc) is 2.50. The molecule has 2 rings (SSSR count). The summed E-state index contributed by atoms with van der Waals surface area (Å²) in [4.78, 5) is 0. The highest BCUT2D eigenvalue weighted by atomic mass is 35.5. The fourth-order valence-electron chi connectivity index (χ4n) is 1.35. The highest BCUT2D eigenvalue weighted by Gasteiger charge is 2.13. The van der Waals surface area contributed by atoms with Gasteiger partial charge in [0.25, 0.3) is 0 Å². The number of anilines is 1. The summed E-state index contributed by atoms with van der Waals surface area (Å²) >= 11 is 12.1. The summed E-state index contributed by atoms with van der Waals surface area (Å²) < 4.78 is 1.60. The van der Waals surface area contributed by atoms with Crippen molar-refractivity contribution in [1.82, 2.24) is 15.0 Å². The molecule has 0 spiro atoms. The van der Waals surface area contributed by atoms with Crippen LogP contribution in [0.4, 0.5) is 5.69 Å². The maximum Gasteiger partial charge on any atom is 0.0912 e. The zero-order chi connectivity index (χ0) is 11.0. The van der Waals surface area contributed by atoms with Gasteiger partial charge in [0.2, 0.25) is 0 Å². The van der Waals surface area contributed by atoms with Crippen LogP contribution in [0.25, 0.3) is 11.3 Å². The van der Waals surface area contributed by atoms with E-state index < -0.39 is 0 Å². The van der Waals surface area contributed by atoms with E-state index in [1.54, 1.807) is 30.1 Å². The van der Waals surface area contributed by atoms with E-state index in [2.05, 4.69) is 10.3 Å². The lowest BCUT2D eigenvalue weighted by Gasteiger charge is -2.07. The molecule has 0 saturated carbocycles. The molecule has 0 aliphatic carbocycles. The quantitative estimate of drug-likeness (QED) is 0.782. The molecule has 0 aliphatic rings. The first-order valence-electron chi connectivity index (χ1n) is 4.19. The summed E-state index contributed by atoms with van der Waals surface area (Å²) in [7, 11) is 1.77. The number of hydrogen-bond acceptors (Lipinski definition) is 3. The van der Waals surface area contributed by atoms with Crippen LogP contribution in [0.1, 0.15) is 0 Å². The maximum atomic E-state index is 6.06. The van der Waals surface area contributed by atoms with Gasteiger partial charge in [-0.15, -0.1) is 5.10 Å². The largest absolute Gasteiger partial charge is 0.399 e. The Morgan fingerprint density at radius 1 is 1.27 bits per heavy atom. The Morgan fingerprint density at radius 3 is 2.33 bits per heavy atom. The standard InChI is InChI=1S/C9H8Cl2N4/c1-15-8(4-13-14-15)9-6(10)2-5(12)3-7(9)11/h2-4H,12H2,1H3. The SMILES string of the molecule is Cn1nncc1-c1c(Cl)cc(N)cc1Cl. The predicted molar refractivity (Wildman–Crippen MR) is 60.9 cm³/mol. The van der Waals surface area contributed by atoms with E-state index in [0.29, 0.717) is 21.3 Å². The molecule has 0 atom stereocenters. The van der Waals surface area contributed by atoms with E-state index in [9.17, 15) is 0 Å². The van der Waals surface area contributed by atoms with Gasteiger partial charge in [-0.25, -0.2) is 4.68 Å². The van der Waals surface area contributed by atoms with Gasteiger partial charge >= 0.3 is 0 Å². The fraction of sp³-hybridized carbons (Fsp3) is 0.111. The Morgan fingerprint density at radius 2 is 1.87 bits per heavy atom. The molecule has 2 aromatic rings. The van der Waals surface area contributed by atoms with Crippen molar-refractivity contribution >= 4 is 28.9 Å². The molecule has 78 valence electrons. The Balaban J connectivity index is 2.68. The van der Waals surface area contributed by atoms with Crippen molar-refractivity contribution in [2.75, 3.05) is 5.73 Å². The molecule has 0 unspecified atom stereocenters. The zero-order valence-electron chi connectivity index (χ0n) is 7.91. The van der Waals surface area contributed by atoms with Gasteiger partial charge < -0.3 is 5.73 Å². The van der Waals surface area contributed by atoms with Crippen molar-refractivity contribution in [1.29, 1.82) is 0 Å². The average molecular weight is 243 g/mol. The molecule has 1 aromatic carbocycles. The Bertz CT molecular complexity index is 484.